The second-order valence-corrected chi connectivity index (χ2v) is 5.76. The zero-order valence-electron chi connectivity index (χ0n) is 8.45. The number of pyridine rings is 1. The molecule has 0 radical (unpaired) electrons. The van der Waals surface area contributed by atoms with E-state index < -0.39 is 6.10 Å². The van der Waals surface area contributed by atoms with Gasteiger partial charge in [0.2, 0.25) is 0 Å². The Bertz CT molecular complexity index is 512. The third-order valence-corrected chi connectivity index (χ3v) is 3.71. The van der Waals surface area contributed by atoms with Crippen LogP contribution in [0.2, 0.25) is 8.67 Å². The monoisotopic (exact) mass is 273 g/mol. The lowest BCUT2D eigenvalue weighted by Crippen LogP contribution is -1.99. The zero-order valence-corrected chi connectivity index (χ0v) is 10.8. The van der Waals surface area contributed by atoms with Crippen molar-refractivity contribution in [3.63, 3.8) is 0 Å². The highest BCUT2D eigenvalue weighted by Gasteiger charge is 2.17. The molecular formula is C11H9Cl2NOS. The van der Waals surface area contributed by atoms with Crippen molar-refractivity contribution in [3.05, 3.63) is 49.9 Å². The summed E-state index contributed by atoms with van der Waals surface area (Å²) in [7, 11) is 0. The van der Waals surface area contributed by atoms with Crippen LogP contribution in [0, 0.1) is 6.92 Å². The van der Waals surface area contributed by atoms with Crippen LogP contribution in [0.4, 0.5) is 0 Å². The zero-order chi connectivity index (χ0) is 11.7. The number of thiophene rings is 1. The molecule has 0 spiro atoms. The summed E-state index contributed by atoms with van der Waals surface area (Å²) in [6.07, 6.45) is 2.58. The molecule has 1 atom stereocenters. The van der Waals surface area contributed by atoms with Crippen molar-refractivity contribution in [3.8, 4) is 0 Å². The summed E-state index contributed by atoms with van der Waals surface area (Å²) >= 11 is 13.1. The average molecular weight is 274 g/mol. The maximum absolute atomic E-state index is 10.1. The molecule has 0 bridgehead atoms. The van der Waals surface area contributed by atoms with Gasteiger partial charge in [0.25, 0.3) is 0 Å². The summed E-state index contributed by atoms with van der Waals surface area (Å²) in [5, 5.41) is 10.1. The molecule has 16 heavy (non-hydrogen) atoms. The minimum absolute atomic E-state index is 0.513. The van der Waals surface area contributed by atoms with Crippen LogP contribution in [0.1, 0.15) is 22.8 Å². The second-order valence-electron chi connectivity index (χ2n) is 3.48. The predicted octanol–water partition coefficient (Wildman–Crippen LogP) is 3.84. The van der Waals surface area contributed by atoms with Gasteiger partial charge in [-0.2, -0.15) is 0 Å². The molecule has 2 nitrogen and oxygen atoms in total. The van der Waals surface area contributed by atoms with E-state index in [-0.39, 0.29) is 0 Å². The molecule has 1 unspecified atom stereocenters. The molecule has 0 amide bonds. The van der Waals surface area contributed by atoms with Gasteiger partial charge in [-0.3, -0.25) is 4.98 Å². The summed E-state index contributed by atoms with van der Waals surface area (Å²) in [4.78, 5) is 4.03. The Balaban J connectivity index is 2.38. The van der Waals surface area contributed by atoms with Crippen LogP contribution in [0.3, 0.4) is 0 Å². The molecule has 0 aliphatic carbocycles. The summed E-state index contributed by atoms with van der Waals surface area (Å²) in [6.45, 7) is 1.92. The van der Waals surface area contributed by atoms with E-state index in [9.17, 15) is 5.11 Å². The number of nitrogens with zero attached hydrogens (tertiary/aromatic N) is 1. The van der Waals surface area contributed by atoms with Gasteiger partial charge >= 0.3 is 0 Å². The third kappa shape index (κ3) is 2.38. The van der Waals surface area contributed by atoms with Gasteiger partial charge in [0.1, 0.15) is 10.4 Å². The number of halogens is 2. The second kappa shape index (κ2) is 4.72. The number of hydrogen-bond acceptors (Lipinski definition) is 3. The maximum Gasteiger partial charge on any atom is 0.108 e. The van der Waals surface area contributed by atoms with Crippen molar-refractivity contribution in [2.45, 2.75) is 13.0 Å². The van der Waals surface area contributed by atoms with E-state index in [1.165, 1.54) is 11.3 Å². The lowest BCUT2D eigenvalue weighted by Gasteiger charge is -2.09. The van der Waals surface area contributed by atoms with Gasteiger partial charge in [-0.15, -0.1) is 11.3 Å². The Kier molecular flexibility index (Phi) is 3.50. The number of rotatable bonds is 2. The van der Waals surface area contributed by atoms with Crippen molar-refractivity contribution < 1.29 is 5.11 Å². The van der Waals surface area contributed by atoms with Crippen LogP contribution in [-0.4, -0.2) is 10.1 Å². The normalized spacial score (nSPS) is 12.8. The van der Waals surface area contributed by atoms with Crippen molar-refractivity contribution in [2.24, 2.45) is 0 Å². The summed E-state index contributed by atoms with van der Waals surface area (Å²) in [5.41, 5.74) is 2.34. The molecular weight excluding hydrogens is 265 g/mol. The van der Waals surface area contributed by atoms with Crippen LogP contribution in [0.15, 0.2) is 24.5 Å². The van der Waals surface area contributed by atoms with Gasteiger partial charge in [-0.25, -0.2) is 0 Å². The highest BCUT2D eigenvalue weighted by Crippen LogP contribution is 2.37. The van der Waals surface area contributed by atoms with Crippen LogP contribution >= 0.6 is 34.5 Å². The Morgan fingerprint density at radius 2 is 2.06 bits per heavy atom. The van der Waals surface area contributed by atoms with Gasteiger partial charge in [0.15, 0.2) is 0 Å². The largest absolute Gasteiger partial charge is 0.384 e. The number of aliphatic hydroxyl groups is 1. The van der Waals surface area contributed by atoms with Crippen LogP contribution < -0.4 is 0 Å². The van der Waals surface area contributed by atoms with Crippen molar-refractivity contribution in [2.75, 3.05) is 0 Å². The SMILES string of the molecule is Cc1cncc(C(O)c2cc(Cl)sc2Cl)c1. The first kappa shape index (κ1) is 11.9. The van der Waals surface area contributed by atoms with Gasteiger partial charge in [-0.1, -0.05) is 29.3 Å². The molecule has 2 aromatic rings. The van der Waals surface area contributed by atoms with Gasteiger partial charge in [0, 0.05) is 23.5 Å². The van der Waals surface area contributed by atoms with Crippen LogP contribution in [-0.2, 0) is 0 Å². The standard InChI is InChI=1S/C11H9Cl2NOS/c1-6-2-7(5-14-4-6)10(15)8-3-9(12)16-11(8)13/h2-5,10,15H,1H3. The molecule has 0 saturated heterocycles. The predicted molar refractivity (Wildman–Crippen MR) is 67.4 cm³/mol. The smallest absolute Gasteiger partial charge is 0.108 e. The molecule has 84 valence electrons. The van der Waals surface area contributed by atoms with Crippen molar-refractivity contribution >= 4 is 34.5 Å². The first-order valence-electron chi connectivity index (χ1n) is 4.62. The van der Waals surface area contributed by atoms with Crippen molar-refractivity contribution in [1.29, 1.82) is 0 Å². The molecule has 2 heterocycles. The van der Waals surface area contributed by atoms with E-state index in [4.69, 9.17) is 23.2 Å². The molecule has 0 aliphatic heterocycles. The van der Waals surface area contributed by atoms with Gasteiger partial charge < -0.3 is 5.11 Å². The molecule has 2 aromatic heterocycles. The Morgan fingerprint density at radius 3 is 2.62 bits per heavy atom. The Morgan fingerprint density at radius 1 is 1.31 bits per heavy atom. The maximum atomic E-state index is 10.1. The van der Waals surface area contributed by atoms with Gasteiger partial charge in [-0.05, 0) is 18.6 Å². The molecule has 0 fully saturated rings. The highest BCUT2D eigenvalue weighted by atomic mass is 35.5. The minimum Gasteiger partial charge on any atom is -0.384 e. The minimum atomic E-state index is -0.774. The van der Waals surface area contributed by atoms with Crippen molar-refractivity contribution in [1.82, 2.24) is 4.98 Å². The molecule has 0 aromatic carbocycles. The fourth-order valence-electron chi connectivity index (χ4n) is 1.45. The molecule has 0 saturated carbocycles. The Hall–Kier alpha value is -0.610. The van der Waals surface area contributed by atoms with E-state index in [0.29, 0.717) is 14.2 Å². The average Bonchev–Trinajstić information content (AvgIpc) is 2.57. The molecule has 1 N–H and O–H groups in total. The van der Waals surface area contributed by atoms with Crippen LogP contribution in [0.5, 0.6) is 0 Å². The summed E-state index contributed by atoms with van der Waals surface area (Å²) < 4.78 is 1.08. The van der Waals surface area contributed by atoms with E-state index >= 15 is 0 Å². The summed E-state index contributed by atoms with van der Waals surface area (Å²) in [6, 6.07) is 3.56. The molecule has 5 heteroatoms. The number of aryl methyl sites for hydroxylation is 1. The fraction of sp³-hybridized carbons (Fsp3) is 0.182. The quantitative estimate of drug-likeness (QED) is 0.902. The molecule has 2 rings (SSSR count). The first-order valence-corrected chi connectivity index (χ1v) is 6.19. The third-order valence-electron chi connectivity index (χ3n) is 2.19. The fourth-order valence-corrected chi connectivity index (χ4v) is 2.97. The van der Waals surface area contributed by atoms with Crippen LogP contribution in [0.25, 0.3) is 0 Å². The number of aliphatic hydroxyl groups excluding tert-OH is 1. The van der Waals surface area contributed by atoms with E-state index in [0.717, 1.165) is 11.1 Å². The highest BCUT2D eigenvalue weighted by molar-refractivity contribution is 7.20. The van der Waals surface area contributed by atoms with Gasteiger partial charge in [0.05, 0.1) is 4.34 Å². The number of hydrogen-bond donors (Lipinski definition) is 1. The van der Waals surface area contributed by atoms with E-state index in [1.54, 1.807) is 18.5 Å². The summed E-state index contributed by atoms with van der Waals surface area (Å²) in [5.74, 6) is 0. The van der Waals surface area contributed by atoms with E-state index in [1.807, 2.05) is 13.0 Å². The lowest BCUT2D eigenvalue weighted by molar-refractivity contribution is 0.220. The Labute approximate surface area is 107 Å². The van der Waals surface area contributed by atoms with E-state index in [2.05, 4.69) is 4.98 Å². The topological polar surface area (TPSA) is 33.1 Å². The number of aromatic nitrogens is 1. The lowest BCUT2D eigenvalue weighted by atomic mass is 10.1. The molecule has 0 aliphatic rings. The first-order chi connectivity index (χ1) is 7.58.